The summed E-state index contributed by atoms with van der Waals surface area (Å²) in [4.78, 5) is 0. The predicted molar refractivity (Wildman–Crippen MR) is 124 cm³/mol. The van der Waals surface area contributed by atoms with Gasteiger partial charge in [-0.3, -0.25) is 0 Å². The molecule has 1 nitrogen and oxygen atoms in total. The number of fused-ring (bicyclic) bond motifs is 3. The average molecular weight is 419 g/mol. The van der Waals surface area contributed by atoms with Crippen LogP contribution in [0.5, 0.6) is 0 Å². The summed E-state index contributed by atoms with van der Waals surface area (Å²) in [5, 5.41) is 5.28. The molecule has 0 aliphatic rings. The van der Waals surface area contributed by atoms with Crippen molar-refractivity contribution < 1.29 is 4.57 Å². The maximum Gasteiger partial charge on any atom is 0.172 e. The Balaban J connectivity index is 1.93. The molecule has 136 valence electrons. The van der Waals surface area contributed by atoms with E-state index in [0.29, 0.717) is 5.02 Å². The van der Waals surface area contributed by atoms with Crippen molar-refractivity contribution in [2.24, 2.45) is 0 Å². The van der Waals surface area contributed by atoms with Gasteiger partial charge < -0.3 is 4.57 Å². The molecule has 0 amide bonds. The van der Waals surface area contributed by atoms with Crippen LogP contribution in [0.15, 0.2) is 97.1 Å². The van der Waals surface area contributed by atoms with Crippen LogP contribution in [0.25, 0.3) is 20.2 Å². The highest BCUT2D eigenvalue weighted by molar-refractivity contribution is 7.86. The Morgan fingerprint density at radius 3 is 1.89 bits per heavy atom. The lowest BCUT2D eigenvalue weighted by molar-refractivity contribution is 0.592. The highest BCUT2D eigenvalue weighted by Crippen LogP contribution is 2.47. The zero-order chi connectivity index (χ0) is 19.1. The van der Waals surface area contributed by atoms with Gasteiger partial charge in [0.2, 0.25) is 0 Å². The van der Waals surface area contributed by atoms with Gasteiger partial charge in [-0.15, -0.1) is 11.3 Å². The van der Waals surface area contributed by atoms with Crippen LogP contribution in [-0.2, 0) is 4.57 Å². The van der Waals surface area contributed by atoms with E-state index >= 15 is 0 Å². The Kier molecular flexibility index (Phi) is 4.36. The van der Waals surface area contributed by atoms with Crippen molar-refractivity contribution in [3.8, 4) is 0 Å². The summed E-state index contributed by atoms with van der Waals surface area (Å²) in [7, 11) is -3.08. The normalized spacial score (nSPS) is 11.9. The third-order valence-corrected chi connectivity index (χ3v) is 9.67. The molecule has 4 heteroatoms. The molecule has 1 heterocycles. The Morgan fingerprint density at radius 1 is 0.679 bits per heavy atom. The predicted octanol–water partition coefficient (Wildman–Crippen LogP) is 6.35. The third-order valence-electron chi connectivity index (χ3n) is 5.00. The molecule has 0 fully saturated rings. The van der Waals surface area contributed by atoms with Crippen molar-refractivity contribution in [2.75, 3.05) is 0 Å². The standard InChI is InChI=1S/C24H16ClOPS/c25-17-15-21-20-13-7-8-14-23(20)28-24(21)22(16-17)27(26,18-9-3-1-4-10-18)19-11-5-2-6-12-19/h1-16H. The summed E-state index contributed by atoms with van der Waals surface area (Å²) < 4.78 is 17.0. The highest BCUT2D eigenvalue weighted by Gasteiger charge is 2.32. The molecule has 0 saturated heterocycles. The van der Waals surface area contributed by atoms with Crippen LogP contribution in [0.4, 0.5) is 0 Å². The van der Waals surface area contributed by atoms with Gasteiger partial charge in [-0.05, 0) is 18.2 Å². The van der Waals surface area contributed by atoms with Crippen LogP contribution in [0.2, 0.25) is 5.02 Å². The van der Waals surface area contributed by atoms with Gasteiger partial charge in [-0.25, -0.2) is 0 Å². The second kappa shape index (κ2) is 6.90. The van der Waals surface area contributed by atoms with Crippen molar-refractivity contribution in [1.29, 1.82) is 0 Å². The summed E-state index contributed by atoms with van der Waals surface area (Å²) in [6, 6.07) is 31.6. The monoisotopic (exact) mass is 418 g/mol. The molecule has 5 rings (SSSR count). The highest BCUT2D eigenvalue weighted by atomic mass is 35.5. The molecule has 4 aromatic carbocycles. The molecular weight excluding hydrogens is 403 g/mol. The molecule has 0 spiro atoms. The number of thiophene rings is 1. The summed E-state index contributed by atoms with van der Waals surface area (Å²) in [6.07, 6.45) is 0. The van der Waals surface area contributed by atoms with Crippen LogP contribution in [0.3, 0.4) is 0 Å². The van der Waals surface area contributed by atoms with E-state index in [1.165, 1.54) is 4.70 Å². The van der Waals surface area contributed by atoms with Crippen molar-refractivity contribution in [2.45, 2.75) is 0 Å². The SMILES string of the molecule is O=P(c1ccccc1)(c1ccccc1)c1cc(Cl)cc2c1sc1ccccc12. The van der Waals surface area contributed by atoms with Crippen LogP contribution in [-0.4, -0.2) is 0 Å². The maximum atomic E-state index is 14.8. The first-order valence-electron chi connectivity index (χ1n) is 9.00. The van der Waals surface area contributed by atoms with Crippen molar-refractivity contribution >= 4 is 66.2 Å². The summed E-state index contributed by atoms with van der Waals surface area (Å²) in [5.74, 6) is 0. The van der Waals surface area contributed by atoms with Gasteiger partial charge in [-0.1, -0.05) is 90.5 Å². The van der Waals surface area contributed by atoms with E-state index < -0.39 is 7.14 Å². The lowest BCUT2D eigenvalue weighted by Crippen LogP contribution is -2.25. The first-order valence-corrected chi connectivity index (χ1v) is 11.9. The molecule has 0 atom stereocenters. The molecule has 0 N–H and O–H groups in total. The van der Waals surface area contributed by atoms with E-state index in [4.69, 9.17) is 11.6 Å². The minimum absolute atomic E-state index is 0.609. The average Bonchev–Trinajstić information content (AvgIpc) is 3.12. The van der Waals surface area contributed by atoms with Crippen molar-refractivity contribution in [3.05, 3.63) is 102 Å². The van der Waals surface area contributed by atoms with Crippen LogP contribution >= 0.6 is 30.1 Å². The lowest BCUT2D eigenvalue weighted by Gasteiger charge is -2.21. The number of hydrogen-bond donors (Lipinski definition) is 0. The smallest absolute Gasteiger partial charge is 0.172 e. The van der Waals surface area contributed by atoms with Crippen molar-refractivity contribution in [3.63, 3.8) is 0 Å². The molecule has 5 aromatic rings. The zero-order valence-electron chi connectivity index (χ0n) is 14.9. The van der Waals surface area contributed by atoms with Crippen LogP contribution in [0, 0.1) is 0 Å². The summed E-state index contributed by atoms with van der Waals surface area (Å²) >= 11 is 8.23. The Morgan fingerprint density at radius 2 is 1.25 bits per heavy atom. The molecule has 28 heavy (non-hydrogen) atoms. The second-order valence-electron chi connectivity index (χ2n) is 6.68. The van der Waals surface area contributed by atoms with E-state index in [1.54, 1.807) is 11.3 Å². The van der Waals surface area contributed by atoms with E-state index in [2.05, 4.69) is 12.1 Å². The first-order chi connectivity index (χ1) is 13.7. The Bertz CT molecular complexity index is 1300. The molecule has 0 unspecified atom stereocenters. The third kappa shape index (κ3) is 2.72. The van der Waals surface area contributed by atoms with E-state index in [-0.39, 0.29) is 0 Å². The quantitative estimate of drug-likeness (QED) is 0.312. The fraction of sp³-hybridized carbons (Fsp3) is 0. The van der Waals surface area contributed by atoms with Gasteiger partial charge in [-0.2, -0.15) is 0 Å². The van der Waals surface area contributed by atoms with Gasteiger partial charge >= 0.3 is 0 Å². The molecule has 0 radical (unpaired) electrons. The fourth-order valence-corrected chi connectivity index (χ4v) is 8.39. The topological polar surface area (TPSA) is 17.1 Å². The molecule has 0 saturated carbocycles. The summed E-state index contributed by atoms with van der Waals surface area (Å²) in [6.45, 7) is 0. The number of benzene rings is 4. The second-order valence-corrected chi connectivity index (χ2v) is 10.9. The van der Waals surface area contributed by atoms with Crippen LogP contribution < -0.4 is 15.9 Å². The number of hydrogen-bond acceptors (Lipinski definition) is 2. The van der Waals surface area contributed by atoms with Gasteiger partial charge in [0.1, 0.15) is 0 Å². The molecular formula is C24H16ClOPS. The molecule has 0 aliphatic carbocycles. The number of halogens is 1. The lowest BCUT2D eigenvalue weighted by atomic mass is 10.1. The molecule has 0 aliphatic heterocycles. The Hall–Kier alpha value is -2.38. The van der Waals surface area contributed by atoms with Crippen molar-refractivity contribution in [1.82, 2.24) is 0 Å². The van der Waals surface area contributed by atoms with E-state index in [0.717, 1.165) is 31.4 Å². The maximum absolute atomic E-state index is 14.8. The van der Waals surface area contributed by atoms with E-state index in [1.807, 2.05) is 84.9 Å². The van der Waals surface area contributed by atoms with Crippen LogP contribution in [0.1, 0.15) is 0 Å². The first kappa shape index (κ1) is 17.7. The van der Waals surface area contributed by atoms with E-state index in [9.17, 15) is 4.57 Å². The van der Waals surface area contributed by atoms with Gasteiger partial charge in [0.25, 0.3) is 0 Å². The number of rotatable bonds is 3. The minimum Gasteiger partial charge on any atom is -0.309 e. The minimum atomic E-state index is -3.08. The van der Waals surface area contributed by atoms with Gasteiger partial charge in [0.05, 0.1) is 0 Å². The fourth-order valence-electron chi connectivity index (χ4n) is 3.71. The van der Waals surface area contributed by atoms with Gasteiger partial charge in [0, 0.05) is 41.1 Å². The zero-order valence-corrected chi connectivity index (χ0v) is 17.3. The summed E-state index contributed by atoms with van der Waals surface area (Å²) in [5.41, 5.74) is 0. The molecule has 1 aromatic heterocycles. The molecule has 0 bridgehead atoms. The largest absolute Gasteiger partial charge is 0.309 e. The Labute approximate surface area is 172 Å². The van der Waals surface area contributed by atoms with Gasteiger partial charge in [0.15, 0.2) is 7.14 Å².